The molecule has 1 aromatic carbocycles. The van der Waals surface area contributed by atoms with Gasteiger partial charge in [-0.25, -0.2) is 0 Å². The van der Waals surface area contributed by atoms with Crippen molar-refractivity contribution in [2.24, 2.45) is 4.99 Å². The molecule has 0 radical (unpaired) electrons. The Morgan fingerprint density at radius 1 is 1.25 bits per heavy atom. The van der Waals surface area contributed by atoms with Crippen molar-refractivity contribution in [3.05, 3.63) is 54.0 Å². The van der Waals surface area contributed by atoms with Gasteiger partial charge in [0.05, 0.1) is 18.8 Å². The van der Waals surface area contributed by atoms with Crippen molar-refractivity contribution in [2.45, 2.75) is 56.3 Å². The molecule has 3 N–H and O–H groups in total. The summed E-state index contributed by atoms with van der Waals surface area (Å²) in [7, 11) is 1.74. The molecule has 4 rings (SSSR count). The lowest BCUT2D eigenvalue weighted by atomic mass is 9.86. The molecule has 6 nitrogen and oxygen atoms in total. The third-order valence-electron chi connectivity index (χ3n) is 5.90. The Bertz CT molecular complexity index is 823. The Kier molecular flexibility index (Phi) is 5.06. The minimum atomic E-state index is -1.12. The molecule has 1 saturated carbocycles. The van der Waals surface area contributed by atoms with Crippen molar-refractivity contribution >= 4 is 5.96 Å². The number of aliphatic imine (C=N–C) groups is 1. The maximum atomic E-state index is 10.7. The van der Waals surface area contributed by atoms with Crippen LogP contribution in [-0.4, -0.2) is 30.3 Å². The zero-order chi connectivity index (χ0) is 19.6. The lowest BCUT2D eigenvalue weighted by Crippen LogP contribution is -2.49. The van der Waals surface area contributed by atoms with Crippen LogP contribution in [0.4, 0.5) is 0 Å². The Hall–Kier alpha value is -2.47. The lowest BCUT2D eigenvalue weighted by molar-refractivity contribution is 0.0359. The molecule has 1 aliphatic heterocycles. The van der Waals surface area contributed by atoms with Crippen LogP contribution in [0.2, 0.25) is 0 Å². The summed E-state index contributed by atoms with van der Waals surface area (Å²) in [5, 5.41) is 17.5. The molecule has 0 amide bonds. The fraction of sp³-hybridized carbons (Fsp3) is 0.500. The van der Waals surface area contributed by atoms with E-state index in [1.54, 1.807) is 32.4 Å². The zero-order valence-electron chi connectivity index (χ0n) is 16.6. The van der Waals surface area contributed by atoms with Crippen LogP contribution in [0.5, 0.6) is 5.75 Å². The van der Waals surface area contributed by atoms with E-state index in [-0.39, 0.29) is 18.2 Å². The third kappa shape index (κ3) is 3.74. The summed E-state index contributed by atoms with van der Waals surface area (Å²) >= 11 is 0. The topological polar surface area (TPSA) is 79.0 Å². The van der Waals surface area contributed by atoms with Gasteiger partial charge in [-0.2, -0.15) is 0 Å². The number of aliphatic hydroxyl groups is 1. The number of nitrogens with one attached hydrogen (secondary N) is 2. The highest BCUT2D eigenvalue weighted by Gasteiger charge is 2.43. The number of hydrogen-bond acceptors (Lipinski definition) is 4. The zero-order valence-corrected chi connectivity index (χ0v) is 16.6. The highest BCUT2D eigenvalue weighted by Crippen LogP contribution is 2.46. The molecule has 0 bridgehead atoms. The normalized spacial score (nSPS) is 23.0. The summed E-state index contributed by atoms with van der Waals surface area (Å²) in [6, 6.07) is 11.9. The molecule has 2 unspecified atom stereocenters. The van der Waals surface area contributed by atoms with E-state index < -0.39 is 5.60 Å². The van der Waals surface area contributed by atoms with Crippen molar-refractivity contribution < 1.29 is 14.3 Å². The molecule has 1 aliphatic carbocycles. The minimum absolute atomic E-state index is 0.0788. The van der Waals surface area contributed by atoms with Crippen LogP contribution in [0.3, 0.4) is 0 Å². The molecular formula is C22H29N3O3. The van der Waals surface area contributed by atoms with E-state index >= 15 is 0 Å². The second kappa shape index (κ2) is 7.51. The Labute approximate surface area is 166 Å². The summed E-state index contributed by atoms with van der Waals surface area (Å²) in [5.74, 6) is 2.14. The van der Waals surface area contributed by atoms with Gasteiger partial charge >= 0.3 is 0 Å². The van der Waals surface area contributed by atoms with E-state index in [2.05, 4.69) is 27.8 Å². The lowest BCUT2D eigenvalue weighted by Gasteiger charge is -2.40. The second-order valence-corrected chi connectivity index (χ2v) is 8.11. The first-order valence-electron chi connectivity index (χ1n) is 10.0. The van der Waals surface area contributed by atoms with Gasteiger partial charge in [0.2, 0.25) is 0 Å². The molecule has 2 heterocycles. The number of hydrogen-bond donors (Lipinski definition) is 3. The standard InChI is InChI=1S/C22H29N3O3/c1-21(26,19-10-7-13-27-19)15-24-20(23-2)25-17-14-22(11-5-6-12-22)28-18-9-4-3-8-16(17)18/h3-4,7-10,13,17,26H,5-6,11-12,14-15H2,1-2H3,(H2,23,24,25). The van der Waals surface area contributed by atoms with Crippen LogP contribution in [0.25, 0.3) is 0 Å². The molecule has 1 fully saturated rings. The van der Waals surface area contributed by atoms with Crippen molar-refractivity contribution in [1.82, 2.24) is 10.6 Å². The molecule has 2 atom stereocenters. The van der Waals surface area contributed by atoms with E-state index in [9.17, 15) is 5.11 Å². The quantitative estimate of drug-likeness (QED) is 0.556. The van der Waals surface area contributed by atoms with Crippen LogP contribution in [0.1, 0.15) is 56.4 Å². The SMILES string of the molecule is CN=C(NCC(C)(O)c1ccco1)NC1CC2(CCCC2)Oc2ccccc21. The molecule has 1 aromatic heterocycles. The first-order chi connectivity index (χ1) is 13.5. The summed E-state index contributed by atoms with van der Waals surface area (Å²) in [6.07, 6.45) is 7.11. The molecule has 2 aliphatic rings. The van der Waals surface area contributed by atoms with Crippen LogP contribution in [-0.2, 0) is 5.60 Å². The molecule has 28 heavy (non-hydrogen) atoms. The van der Waals surface area contributed by atoms with Gasteiger partial charge in [-0.15, -0.1) is 0 Å². The van der Waals surface area contributed by atoms with Gasteiger partial charge in [-0.1, -0.05) is 18.2 Å². The smallest absolute Gasteiger partial charge is 0.191 e. The van der Waals surface area contributed by atoms with E-state index in [0.29, 0.717) is 11.7 Å². The van der Waals surface area contributed by atoms with Crippen molar-refractivity contribution in [2.75, 3.05) is 13.6 Å². The predicted octanol–water partition coefficient (Wildman–Crippen LogP) is 3.49. The van der Waals surface area contributed by atoms with E-state index in [1.807, 2.05) is 12.1 Å². The third-order valence-corrected chi connectivity index (χ3v) is 5.90. The van der Waals surface area contributed by atoms with Crippen LogP contribution < -0.4 is 15.4 Å². The number of para-hydroxylation sites is 1. The van der Waals surface area contributed by atoms with Gasteiger partial charge in [0.1, 0.15) is 22.7 Å². The summed E-state index contributed by atoms with van der Waals surface area (Å²) in [4.78, 5) is 4.37. The number of rotatable bonds is 4. The molecule has 0 saturated heterocycles. The number of furan rings is 1. The number of benzene rings is 1. The second-order valence-electron chi connectivity index (χ2n) is 8.11. The fourth-order valence-corrected chi connectivity index (χ4v) is 4.36. The minimum Gasteiger partial charge on any atom is -0.487 e. The van der Waals surface area contributed by atoms with Crippen LogP contribution in [0, 0.1) is 0 Å². The predicted molar refractivity (Wildman–Crippen MR) is 108 cm³/mol. The van der Waals surface area contributed by atoms with Gasteiger partial charge in [-0.05, 0) is 50.8 Å². The van der Waals surface area contributed by atoms with Crippen LogP contribution >= 0.6 is 0 Å². The average Bonchev–Trinajstić information content (AvgIpc) is 3.38. The van der Waals surface area contributed by atoms with Gasteiger partial charge in [0.15, 0.2) is 5.96 Å². The molecule has 150 valence electrons. The highest BCUT2D eigenvalue weighted by molar-refractivity contribution is 5.80. The number of fused-ring (bicyclic) bond motifs is 1. The van der Waals surface area contributed by atoms with Gasteiger partial charge < -0.3 is 24.9 Å². The molecule has 1 spiro atoms. The van der Waals surface area contributed by atoms with Gasteiger partial charge in [-0.3, -0.25) is 4.99 Å². The van der Waals surface area contributed by atoms with Crippen molar-refractivity contribution in [3.8, 4) is 5.75 Å². The first-order valence-corrected chi connectivity index (χ1v) is 10.0. The molecular weight excluding hydrogens is 354 g/mol. The maximum Gasteiger partial charge on any atom is 0.191 e. The highest BCUT2D eigenvalue weighted by atomic mass is 16.5. The molecule has 6 heteroatoms. The summed E-state index contributed by atoms with van der Waals surface area (Å²) in [6.45, 7) is 2.01. The van der Waals surface area contributed by atoms with Gasteiger partial charge in [0.25, 0.3) is 0 Å². The first kappa shape index (κ1) is 18.9. The van der Waals surface area contributed by atoms with Crippen molar-refractivity contribution in [3.63, 3.8) is 0 Å². The van der Waals surface area contributed by atoms with Crippen LogP contribution in [0.15, 0.2) is 52.1 Å². The van der Waals surface area contributed by atoms with E-state index in [0.717, 1.165) is 30.6 Å². The monoisotopic (exact) mass is 383 g/mol. The summed E-state index contributed by atoms with van der Waals surface area (Å²) in [5.41, 5.74) is -0.0490. The van der Waals surface area contributed by atoms with Gasteiger partial charge in [0, 0.05) is 19.0 Å². The Morgan fingerprint density at radius 2 is 2.04 bits per heavy atom. The van der Waals surface area contributed by atoms with E-state index in [4.69, 9.17) is 9.15 Å². The average molecular weight is 383 g/mol. The van der Waals surface area contributed by atoms with Crippen molar-refractivity contribution in [1.29, 1.82) is 0 Å². The largest absolute Gasteiger partial charge is 0.487 e. The maximum absolute atomic E-state index is 10.7. The Balaban J connectivity index is 1.48. The number of nitrogens with zero attached hydrogens (tertiary/aromatic N) is 1. The summed E-state index contributed by atoms with van der Waals surface area (Å²) < 4.78 is 11.8. The number of guanidine groups is 1. The molecule has 2 aromatic rings. The fourth-order valence-electron chi connectivity index (χ4n) is 4.36. The number of ether oxygens (including phenoxy) is 1. The Morgan fingerprint density at radius 3 is 2.75 bits per heavy atom. The van der Waals surface area contributed by atoms with E-state index in [1.165, 1.54) is 12.8 Å².